The molecule has 1 aliphatic heterocycles. The summed E-state index contributed by atoms with van der Waals surface area (Å²) in [5.41, 5.74) is 0. The minimum Gasteiger partial charge on any atom is -0.353 e. The van der Waals surface area contributed by atoms with Crippen molar-refractivity contribution in [3.05, 3.63) is 12.7 Å². The van der Waals surface area contributed by atoms with Gasteiger partial charge in [-0.25, -0.2) is 4.99 Å². The summed E-state index contributed by atoms with van der Waals surface area (Å²) in [6.07, 6.45) is 4.17. The fraction of sp³-hybridized carbons (Fsp3) is 0.667. The van der Waals surface area contributed by atoms with Crippen LogP contribution in [-0.4, -0.2) is 61.9 Å². The molecule has 1 saturated heterocycles. The van der Waals surface area contributed by atoms with Gasteiger partial charge in [0.25, 0.3) is 0 Å². The van der Waals surface area contributed by atoms with Gasteiger partial charge in [0.2, 0.25) is 5.91 Å². The predicted octanol–water partition coefficient (Wildman–Crippen LogP) is 0.302. The Morgan fingerprint density at radius 3 is 2.65 bits per heavy atom. The van der Waals surface area contributed by atoms with Gasteiger partial charge in [0.05, 0.1) is 0 Å². The fourth-order valence-corrected chi connectivity index (χ4v) is 1.64. The van der Waals surface area contributed by atoms with Gasteiger partial charge < -0.3 is 15.1 Å². The summed E-state index contributed by atoms with van der Waals surface area (Å²) in [5.74, 6) is 0.833. The lowest BCUT2D eigenvalue weighted by atomic mass is 10.4. The van der Waals surface area contributed by atoms with Crippen LogP contribution in [0.25, 0.3) is 0 Å². The first kappa shape index (κ1) is 13.5. The fourth-order valence-electron chi connectivity index (χ4n) is 1.64. The summed E-state index contributed by atoms with van der Waals surface area (Å²) >= 11 is 0. The Kier molecular flexibility index (Phi) is 5.52. The van der Waals surface area contributed by atoms with E-state index in [9.17, 15) is 4.79 Å². The highest BCUT2D eigenvalue weighted by atomic mass is 16.2. The molecule has 0 saturated carbocycles. The molecule has 1 aliphatic rings. The molecule has 1 fully saturated rings. The van der Waals surface area contributed by atoms with E-state index >= 15 is 0 Å². The van der Waals surface area contributed by atoms with E-state index in [-0.39, 0.29) is 12.5 Å². The topological polar surface area (TPSA) is 47.9 Å². The highest BCUT2D eigenvalue weighted by molar-refractivity contribution is 5.85. The van der Waals surface area contributed by atoms with E-state index < -0.39 is 0 Å². The van der Waals surface area contributed by atoms with Gasteiger partial charge >= 0.3 is 0 Å². The lowest BCUT2D eigenvalue weighted by Gasteiger charge is -2.21. The number of aliphatic imine (C=N–C) groups is 1. The van der Waals surface area contributed by atoms with Gasteiger partial charge in [0, 0.05) is 33.7 Å². The first-order valence-electron chi connectivity index (χ1n) is 5.99. The van der Waals surface area contributed by atoms with Gasteiger partial charge in [-0.2, -0.15) is 0 Å². The Balaban J connectivity index is 2.57. The second-order valence-corrected chi connectivity index (χ2v) is 4.29. The molecule has 96 valence electrons. The maximum atomic E-state index is 11.5. The second kappa shape index (κ2) is 6.93. The summed E-state index contributed by atoms with van der Waals surface area (Å²) in [5, 5.41) is 3.19. The first-order valence-corrected chi connectivity index (χ1v) is 5.99. The van der Waals surface area contributed by atoms with Crippen LogP contribution in [0.5, 0.6) is 0 Å². The van der Waals surface area contributed by atoms with Crippen LogP contribution in [0.1, 0.15) is 12.8 Å². The third kappa shape index (κ3) is 4.46. The van der Waals surface area contributed by atoms with Crippen molar-refractivity contribution in [2.45, 2.75) is 12.8 Å². The number of hydrogen-bond donors (Lipinski definition) is 1. The van der Waals surface area contributed by atoms with Crippen LogP contribution >= 0.6 is 0 Å². The van der Waals surface area contributed by atoms with Crippen molar-refractivity contribution in [2.75, 3.05) is 40.3 Å². The van der Waals surface area contributed by atoms with Crippen LogP contribution < -0.4 is 5.32 Å². The van der Waals surface area contributed by atoms with E-state index in [1.165, 1.54) is 12.8 Å². The van der Waals surface area contributed by atoms with Gasteiger partial charge in [-0.3, -0.25) is 4.79 Å². The number of guanidine groups is 1. The highest BCUT2D eigenvalue weighted by Gasteiger charge is 2.16. The summed E-state index contributed by atoms with van der Waals surface area (Å²) in [6.45, 7) is 6.57. The Labute approximate surface area is 103 Å². The standard InChI is InChI=1S/C12H22N4O/c1-4-7-13-12(16-8-5-6-9-16)14-10-11(17)15(2)3/h4H,1,5-10H2,2-3H3,(H,13,14). The molecule has 1 amide bonds. The number of rotatable bonds is 4. The average molecular weight is 238 g/mol. The first-order chi connectivity index (χ1) is 8.15. The van der Waals surface area contributed by atoms with E-state index in [2.05, 4.69) is 21.8 Å². The maximum Gasteiger partial charge on any atom is 0.243 e. The Bertz CT molecular complexity index is 293. The number of carbonyl (C=O) groups excluding carboxylic acids is 1. The molecule has 0 aromatic heterocycles. The summed E-state index contributed by atoms with van der Waals surface area (Å²) in [4.78, 5) is 19.6. The van der Waals surface area contributed by atoms with Gasteiger partial charge in [-0.1, -0.05) is 6.08 Å². The Morgan fingerprint density at radius 1 is 1.47 bits per heavy atom. The van der Waals surface area contributed by atoms with E-state index in [0.29, 0.717) is 6.54 Å². The minimum atomic E-state index is 0.0158. The van der Waals surface area contributed by atoms with E-state index in [1.54, 1.807) is 25.1 Å². The monoisotopic (exact) mass is 238 g/mol. The highest BCUT2D eigenvalue weighted by Crippen LogP contribution is 2.07. The molecule has 0 aliphatic carbocycles. The van der Waals surface area contributed by atoms with Crippen LogP contribution in [0.15, 0.2) is 17.6 Å². The average Bonchev–Trinajstić information content (AvgIpc) is 2.82. The van der Waals surface area contributed by atoms with Gasteiger partial charge in [0.1, 0.15) is 6.54 Å². The van der Waals surface area contributed by atoms with Crippen molar-refractivity contribution < 1.29 is 4.79 Å². The van der Waals surface area contributed by atoms with Crippen molar-refractivity contribution in [2.24, 2.45) is 4.99 Å². The summed E-state index contributed by atoms with van der Waals surface area (Å²) in [7, 11) is 3.48. The zero-order chi connectivity index (χ0) is 12.7. The number of likely N-dealkylation sites (N-methyl/N-ethyl adjacent to an activating group) is 1. The molecule has 5 nitrogen and oxygen atoms in total. The molecule has 0 atom stereocenters. The van der Waals surface area contributed by atoms with Crippen molar-refractivity contribution in [1.29, 1.82) is 0 Å². The largest absolute Gasteiger partial charge is 0.353 e. The molecule has 1 N–H and O–H groups in total. The van der Waals surface area contributed by atoms with Crippen molar-refractivity contribution in [1.82, 2.24) is 15.1 Å². The van der Waals surface area contributed by atoms with Crippen molar-refractivity contribution in [3.63, 3.8) is 0 Å². The van der Waals surface area contributed by atoms with Crippen molar-refractivity contribution >= 4 is 11.9 Å². The molecule has 1 heterocycles. The molecule has 0 unspecified atom stereocenters. The number of nitrogens with zero attached hydrogens (tertiary/aromatic N) is 3. The maximum absolute atomic E-state index is 11.5. The third-order valence-electron chi connectivity index (χ3n) is 2.67. The Hall–Kier alpha value is -1.52. The van der Waals surface area contributed by atoms with Crippen LogP contribution in [0.4, 0.5) is 0 Å². The summed E-state index contributed by atoms with van der Waals surface area (Å²) < 4.78 is 0. The lowest BCUT2D eigenvalue weighted by Crippen LogP contribution is -2.40. The van der Waals surface area contributed by atoms with Gasteiger partial charge in [-0.15, -0.1) is 6.58 Å². The molecule has 1 rings (SSSR count). The van der Waals surface area contributed by atoms with Gasteiger partial charge in [0.15, 0.2) is 5.96 Å². The molecule has 0 bridgehead atoms. The van der Waals surface area contributed by atoms with E-state index in [1.807, 2.05) is 0 Å². The van der Waals surface area contributed by atoms with E-state index in [0.717, 1.165) is 19.0 Å². The SMILES string of the molecule is C=CCNC(=NCC(=O)N(C)C)N1CCCC1. The van der Waals surface area contributed by atoms with Gasteiger partial charge in [-0.05, 0) is 12.8 Å². The molecule has 0 radical (unpaired) electrons. The lowest BCUT2D eigenvalue weighted by molar-refractivity contribution is -0.127. The van der Waals surface area contributed by atoms with Crippen LogP contribution in [0.3, 0.4) is 0 Å². The molecular formula is C12H22N4O. The molecule has 0 aromatic carbocycles. The van der Waals surface area contributed by atoms with E-state index in [4.69, 9.17) is 0 Å². The quantitative estimate of drug-likeness (QED) is 0.435. The zero-order valence-corrected chi connectivity index (χ0v) is 10.8. The van der Waals surface area contributed by atoms with Crippen molar-refractivity contribution in [3.8, 4) is 0 Å². The molecule has 0 aromatic rings. The third-order valence-corrected chi connectivity index (χ3v) is 2.67. The second-order valence-electron chi connectivity index (χ2n) is 4.29. The predicted molar refractivity (Wildman–Crippen MR) is 70.0 cm³/mol. The van der Waals surface area contributed by atoms with Crippen LogP contribution in [0.2, 0.25) is 0 Å². The number of hydrogen-bond acceptors (Lipinski definition) is 2. The zero-order valence-electron chi connectivity index (χ0n) is 10.8. The smallest absolute Gasteiger partial charge is 0.243 e. The minimum absolute atomic E-state index is 0.0158. The number of carbonyl (C=O) groups is 1. The molecular weight excluding hydrogens is 216 g/mol. The Morgan fingerprint density at radius 2 is 2.12 bits per heavy atom. The molecule has 17 heavy (non-hydrogen) atoms. The molecule has 0 spiro atoms. The van der Waals surface area contributed by atoms with Crippen LogP contribution in [-0.2, 0) is 4.79 Å². The number of nitrogens with one attached hydrogen (secondary N) is 1. The van der Waals surface area contributed by atoms with Crippen LogP contribution in [0, 0.1) is 0 Å². The number of amides is 1. The molecule has 5 heteroatoms. The summed E-state index contributed by atoms with van der Waals surface area (Å²) in [6, 6.07) is 0. The normalized spacial score (nSPS) is 15.9. The number of likely N-dealkylation sites (tertiary alicyclic amines) is 1.